The first kappa shape index (κ1) is 24.7. The van der Waals surface area contributed by atoms with Crippen LogP contribution in [0.4, 0.5) is 21.1 Å². The number of urea groups is 1. The van der Waals surface area contributed by atoms with Gasteiger partial charge in [0, 0.05) is 42.9 Å². The summed E-state index contributed by atoms with van der Waals surface area (Å²) in [5.41, 5.74) is 3.46. The maximum Gasteiger partial charge on any atom is 0.410 e. The van der Waals surface area contributed by atoms with Crippen LogP contribution in [0.5, 0.6) is 0 Å². The van der Waals surface area contributed by atoms with Gasteiger partial charge in [-0.05, 0) is 52.0 Å². The van der Waals surface area contributed by atoms with Crippen LogP contribution < -0.4 is 15.5 Å². The molecule has 1 aromatic heterocycles. The summed E-state index contributed by atoms with van der Waals surface area (Å²) in [5, 5.41) is 5.52. The van der Waals surface area contributed by atoms with Crippen molar-refractivity contribution in [3.63, 3.8) is 0 Å². The molecule has 0 bridgehead atoms. The summed E-state index contributed by atoms with van der Waals surface area (Å²) in [5.74, 6) is 1.47. The molecule has 10 heteroatoms. The number of nitrogens with one attached hydrogen (secondary N) is 2. The first-order valence-electron chi connectivity index (χ1n) is 12.2. The van der Waals surface area contributed by atoms with E-state index in [0.717, 1.165) is 29.2 Å². The molecular formula is C25H34N6O4. The van der Waals surface area contributed by atoms with Crippen molar-refractivity contribution >= 4 is 23.6 Å². The van der Waals surface area contributed by atoms with Gasteiger partial charge >= 0.3 is 12.1 Å². The number of aromatic nitrogens is 2. The van der Waals surface area contributed by atoms with Gasteiger partial charge in [-0.1, -0.05) is 0 Å². The highest BCUT2D eigenvalue weighted by atomic mass is 16.6. The summed E-state index contributed by atoms with van der Waals surface area (Å²) in [7, 11) is 0. The van der Waals surface area contributed by atoms with E-state index in [1.165, 1.54) is 0 Å². The van der Waals surface area contributed by atoms with E-state index in [1.807, 2.05) is 45.0 Å². The van der Waals surface area contributed by atoms with E-state index in [9.17, 15) is 9.59 Å². The Kier molecular flexibility index (Phi) is 7.70. The normalized spacial score (nSPS) is 17.7. The number of nitrogens with zero attached hydrogens (tertiary/aromatic N) is 4. The smallest absolute Gasteiger partial charge is 0.410 e. The highest BCUT2D eigenvalue weighted by Gasteiger charge is 2.31. The van der Waals surface area contributed by atoms with E-state index >= 15 is 0 Å². The van der Waals surface area contributed by atoms with Crippen molar-refractivity contribution in [3.8, 4) is 11.4 Å². The highest BCUT2D eigenvalue weighted by Crippen LogP contribution is 2.32. The summed E-state index contributed by atoms with van der Waals surface area (Å²) >= 11 is 0. The zero-order valence-corrected chi connectivity index (χ0v) is 20.8. The number of hydrogen-bond donors (Lipinski definition) is 2. The van der Waals surface area contributed by atoms with Crippen molar-refractivity contribution in [1.82, 2.24) is 20.2 Å². The lowest BCUT2D eigenvalue weighted by Gasteiger charge is -2.38. The topological polar surface area (TPSA) is 109 Å². The maximum absolute atomic E-state index is 12.6. The minimum absolute atomic E-state index is 0.150. The Morgan fingerprint density at radius 1 is 1.20 bits per heavy atom. The lowest BCUT2D eigenvalue weighted by Crippen LogP contribution is -2.46. The third-order valence-electron chi connectivity index (χ3n) is 6.01. The second kappa shape index (κ2) is 10.9. The molecule has 2 N–H and O–H groups in total. The monoisotopic (exact) mass is 482 g/mol. The van der Waals surface area contributed by atoms with Crippen LogP contribution in [0.25, 0.3) is 11.4 Å². The number of hydrogen-bond acceptors (Lipinski definition) is 7. The number of rotatable bonds is 5. The van der Waals surface area contributed by atoms with Crippen molar-refractivity contribution in [2.45, 2.75) is 52.8 Å². The van der Waals surface area contributed by atoms with Crippen LogP contribution in [0.15, 0.2) is 24.3 Å². The van der Waals surface area contributed by atoms with Gasteiger partial charge < -0.3 is 29.9 Å². The summed E-state index contributed by atoms with van der Waals surface area (Å²) < 4.78 is 11.1. The molecule has 0 aliphatic carbocycles. The SMILES string of the molecule is CCNC(=O)Nc1ccc(-c2nc3c(c(N4CCOC[C@@H]4C)n2)CN(C(=O)OC(C)C)CC3)cc1. The molecule has 4 rings (SSSR count). The molecule has 2 aromatic rings. The fraction of sp³-hybridized carbons (Fsp3) is 0.520. The van der Waals surface area contributed by atoms with Crippen LogP contribution in [0.2, 0.25) is 0 Å². The minimum atomic E-state index is -0.314. The first-order valence-corrected chi connectivity index (χ1v) is 12.2. The third-order valence-corrected chi connectivity index (χ3v) is 6.01. The number of anilines is 2. The molecule has 188 valence electrons. The molecule has 0 spiro atoms. The molecule has 0 radical (unpaired) electrons. The number of morpholine rings is 1. The Bertz CT molecular complexity index is 1060. The quantitative estimate of drug-likeness (QED) is 0.672. The van der Waals surface area contributed by atoms with Crippen LogP contribution in [0.1, 0.15) is 39.0 Å². The number of fused-ring (bicyclic) bond motifs is 1. The standard InChI is InChI=1S/C25H34N6O4/c1-5-26-24(32)27-19-8-6-18(7-9-19)22-28-21-10-11-30(25(33)35-16(2)3)14-20(21)23(29-22)31-12-13-34-15-17(31)4/h6-9,16-17H,5,10-15H2,1-4H3,(H2,26,27,32)/t17-/m0/s1. The minimum Gasteiger partial charge on any atom is -0.447 e. The van der Waals surface area contributed by atoms with Gasteiger partial charge in [0.05, 0.1) is 37.6 Å². The molecule has 3 amide bonds. The zero-order valence-electron chi connectivity index (χ0n) is 20.8. The van der Waals surface area contributed by atoms with Crippen LogP contribution >= 0.6 is 0 Å². The summed E-state index contributed by atoms with van der Waals surface area (Å²) in [6, 6.07) is 7.41. The maximum atomic E-state index is 12.6. The van der Waals surface area contributed by atoms with Crippen LogP contribution in [-0.4, -0.2) is 72.0 Å². The average Bonchev–Trinajstić information content (AvgIpc) is 2.83. The Morgan fingerprint density at radius 2 is 1.97 bits per heavy atom. The number of carbonyl (C=O) groups is 2. The van der Waals surface area contributed by atoms with Crippen LogP contribution in [-0.2, 0) is 22.4 Å². The Morgan fingerprint density at radius 3 is 2.66 bits per heavy atom. The molecule has 0 saturated carbocycles. The molecule has 1 aromatic carbocycles. The van der Waals surface area contributed by atoms with Gasteiger partial charge in [-0.25, -0.2) is 19.6 Å². The lowest BCUT2D eigenvalue weighted by molar-refractivity contribution is 0.0725. The number of amides is 3. The van der Waals surface area contributed by atoms with Gasteiger partial charge in [0.15, 0.2) is 5.82 Å². The molecule has 1 fully saturated rings. The molecule has 35 heavy (non-hydrogen) atoms. The largest absolute Gasteiger partial charge is 0.447 e. The second-order valence-electron chi connectivity index (χ2n) is 9.08. The van der Waals surface area contributed by atoms with Crippen molar-refractivity contribution in [2.24, 2.45) is 0 Å². The highest BCUT2D eigenvalue weighted by molar-refractivity contribution is 5.89. The summed E-state index contributed by atoms with van der Waals surface area (Å²) in [6.45, 7) is 11.2. The van der Waals surface area contributed by atoms with E-state index in [4.69, 9.17) is 19.4 Å². The van der Waals surface area contributed by atoms with E-state index in [2.05, 4.69) is 22.5 Å². The van der Waals surface area contributed by atoms with Crippen LogP contribution in [0.3, 0.4) is 0 Å². The lowest BCUT2D eigenvalue weighted by atomic mass is 10.0. The van der Waals surface area contributed by atoms with E-state index < -0.39 is 0 Å². The van der Waals surface area contributed by atoms with E-state index in [-0.39, 0.29) is 24.3 Å². The van der Waals surface area contributed by atoms with E-state index in [1.54, 1.807) is 4.90 Å². The van der Waals surface area contributed by atoms with Gasteiger partial charge in [-0.15, -0.1) is 0 Å². The Balaban J connectivity index is 1.66. The molecule has 3 heterocycles. The fourth-order valence-corrected chi connectivity index (χ4v) is 4.28. The molecule has 1 saturated heterocycles. The average molecular weight is 483 g/mol. The molecule has 10 nitrogen and oxygen atoms in total. The predicted molar refractivity (Wildman–Crippen MR) is 134 cm³/mol. The Labute approximate surface area is 206 Å². The van der Waals surface area contributed by atoms with Crippen molar-refractivity contribution in [1.29, 1.82) is 0 Å². The van der Waals surface area contributed by atoms with Gasteiger partial charge in [0.1, 0.15) is 5.82 Å². The molecular weight excluding hydrogens is 448 g/mol. The van der Waals surface area contributed by atoms with Crippen molar-refractivity contribution in [3.05, 3.63) is 35.5 Å². The molecule has 1 atom stereocenters. The third kappa shape index (κ3) is 5.82. The number of ether oxygens (including phenoxy) is 2. The van der Waals surface area contributed by atoms with Crippen LogP contribution in [0, 0.1) is 0 Å². The summed E-state index contributed by atoms with van der Waals surface area (Å²) in [4.78, 5) is 38.3. The van der Waals surface area contributed by atoms with Crippen molar-refractivity contribution < 1.29 is 19.1 Å². The van der Waals surface area contributed by atoms with Gasteiger partial charge in [-0.2, -0.15) is 0 Å². The first-order chi connectivity index (χ1) is 16.9. The predicted octanol–water partition coefficient (Wildman–Crippen LogP) is 3.41. The number of carbonyl (C=O) groups excluding carboxylic acids is 2. The van der Waals surface area contributed by atoms with Crippen molar-refractivity contribution in [2.75, 3.05) is 43.1 Å². The summed E-state index contributed by atoms with van der Waals surface area (Å²) in [6.07, 6.45) is 0.137. The molecule has 2 aliphatic rings. The van der Waals surface area contributed by atoms with Gasteiger partial charge in [-0.3, -0.25) is 0 Å². The molecule has 2 aliphatic heterocycles. The van der Waals surface area contributed by atoms with E-state index in [0.29, 0.717) is 50.8 Å². The van der Waals surface area contributed by atoms with Gasteiger partial charge in [0.2, 0.25) is 0 Å². The van der Waals surface area contributed by atoms with Gasteiger partial charge in [0.25, 0.3) is 0 Å². The second-order valence-corrected chi connectivity index (χ2v) is 9.08. The molecule has 0 unspecified atom stereocenters. The Hall–Kier alpha value is -3.40. The number of benzene rings is 1. The zero-order chi connectivity index (χ0) is 24.9. The fourth-order valence-electron chi connectivity index (χ4n) is 4.28.